The lowest BCUT2D eigenvalue weighted by molar-refractivity contribution is 0.0954. The summed E-state index contributed by atoms with van der Waals surface area (Å²) < 4.78 is 6.15. The minimum Gasteiger partial charge on any atom is -0.493 e. The van der Waals surface area contributed by atoms with E-state index >= 15 is 0 Å². The summed E-state index contributed by atoms with van der Waals surface area (Å²) in [6, 6.07) is 12.0. The summed E-state index contributed by atoms with van der Waals surface area (Å²) in [4.78, 5) is 24.2. The maximum Gasteiger partial charge on any atom is 0.255 e. The fourth-order valence-corrected chi connectivity index (χ4v) is 2.61. The molecule has 0 unspecified atom stereocenters. The molecule has 0 aliphatic rings. The molecule has 0 radical (unpaired) electrons. The molecule has 0 fully saturated rings. The zero-order chi connectivity index (χ0) is 17.5. The topological polar surface area (TPSA) is 67.4 Å². The SMILES string of the molecule is CCNC(=O)c1cccc(NC(=O)c2ccc(OCC)c(Br)c2)c1. The minimum atomic E-state index is -0.258. The standard InChI is InChI=1S/C18H19BrN2O3/c1-3-20-17(22)12-6-5-7-14(10-12)21-18(23)13-8-9-16(24-4-2)15(19)11-13/h5-11H,3-4H2,1-2H3,(H,20,22)(H,21,23). The molecule has 2 amide bonds. The molecule has 0 aliphatic heterocycles. The molecule has 5 nitrogen and oxygen atoms in total. The van der Waals surface area contributed by atoms with E-state index in [1.165, 1.54) is 0 Å². The van der Waals surface area contributed by atoms with Gasteiger partial charge in [0.2, 0.25) is 0 Å². The van der Waals surface area contributed by atoms with Gasteiger partial charge in [-0.15, -0.1) is 0 Å². The summed E-state index contributed by atoms with van der Waals surface area (Å²) in [6.45, 7) is 4.86. The van der Waals surface area contributed by atoms with Crippen molar-refractivity contribution in [2.75, 3.05) is 18.5 Å². The molecule has 0 aliphatic carbocycles. The average molecular weight is 391 g/mol. The van der Waals surface area contributed by atoms with Gasteiger partial charge in [0.1, 0.15) is 5.75 Å². The lowest BCUT2D eigenvalue weighted by Gasteiger charge is -2.10. The number of carbonyl (C=O) groups is 2. The maximum absolute atomic E-state index is 12.4. The number of halogens is 1. The van der Waals surface area contributed by atoms with Crippen LogP contribution in [0.5, 0.6) is 5.75 Å². The number of benzene rings is 2. The fraction of sp³-hybridized carbons (Fsp3) is 0.222. The Morgan fingerprint density at radius 1 is 1.04 bits per heavy atom. The average Bonchev–Trinajstić information content (AvgIpc) is 2.57. The molecule has 0 aromatic heterocycles. The Balaban J connectivity index is 2.13. The summed E-state index contributed by atoms with van der Waals surface area (Å²) in [6.07, 6.45) is 0. The van der Waals surface area contributed by atoms with Crippen molar-refractivity contribution in [2.45, 2.75) is 13.8 Å². The minimum absolute atomic E-state index is 0.169. The summed E-state index contributed by atoms with van der Waals surface area (Å²) >= 11 is 3.39. The quantitative estimate of drug-likeness (QED) is 0.786. The molecule has 2 rings (SSSR count). The Kier molecular flexibility index (Phi) is 6.37. The number of carbonyl (C=O) groups excluding carboxylic acids is 2. The predicted molar refractivity (Wildman–Crippen MR) is 97.7 cm³/mol. The third kappa shape index (κ3) is 4.58. The van der Waals surface area contributed by atoms with Crippen LogP contribution < -0.4 is 15.4 Å². The molecule has 24 heavy (non-hydrogen) atoms. The van der Waals surface area contributed by atoms with Crippen molar-refractivity contribution in [3.8, 4) is 5.75 Å². The Labute approximate surface area is 149 Å². The summed E-state index contributed by atoms with van der Waals surface area (Å²) in [5.74, 6) is 0.261. The van der Waals surface area contributed by atoms with Crippen LogP contribution in [0, 0.1) is 0 Å². The van der Waals surface area contributed by atoms with E-state index in [9.17, 15) is 9.59 Å². The normalized spacial score (nSPS) is 10.1. The Hall–Kier alpha value is -2.34. The van der Waals surface area contributed by atoms with Crippen molar-refractivity contribution in [3.05, 3.63) is 58.1 Å². The Morgan fingerprint density at radius 3 is 2.46 bits per heavy atom. The molecule has 0 spiro atoms. The molecule has 6 heteroatoms. The van der Waals surface area contributed by atoms with E-state index in [1.54, 1.807) is 42.5 Å². The number of nitrogens with one attached hydrogen (secondary N) is 2. The first-order valence-corrected chi connectivity index (χ1v) is 8.46. The second kappa shape index (κ2) is 8.49. The molecule has 0 atom stereocenters. The van der Waals surface area contributed by atoms with Crippen LogP contribution in [0.2, 0.25) is 0 Å². The van der Waals surface area contributed by atoms with Crippen LogP contribution in [0.4, 0.5) is 5.69 Å². The molecule has 2 aromatic rings. The number of hydrogen-bond donors (Lipinski definition) is 2. The van der Waals surface area contributed by atoms with Gasteiger partial charge in [-0.3, -0.25) is 9.59 Å². The molecule has 2 N–H and O–H groups in total. The van der Waals surface area contributed by atoms with Gasteiger partial charge < -0.3 is 15.4 Å². The first kappa shape index (κ1) is 18.0. The van der Waals surface area contributed by atoms with Crippen LogP contribution in [0.1, 0.15) is 34.6 Å². The number of rotatable bonds is 6. The largest absolute Gasteiger partial charge is 0.493 e. The first-order chi connectivity index (χ1) is 11.5. The lowest BCUT2D eigenvalue weighted by atomic mass is 10.1. The van der Waals surface area contributed by atoms with E-state index in [1.807, 2.05) is 13.8 Å². The molecule has 0 saturated heterocycles. The van der Waals surface area contributed by atoms with Crippen molar-refractivity contribution in [1.82, 2.24) is 5.32 Å². The van der Waals surface area contributed by atoms with Crippen LogP contribution in [0.25, 0.3) is 0 Å². The second-order valence-electron chi connectivity index (χ2n) is 4.97. The van der Waals surface area contributed by atoms with E-state index in [4.69, 9.17) is 4.74 Å². The van der Waals surface area contributed by atoms with Gasteiger partial charge in [0.15, 0.2) is 0 Å². The van der Waals surface area contributed by atoms with Crippen molar-refractivity contribution in [2.24, 2.45) is 0 Å². The number of amides is 2. The Bertz CT molecular complexity index is 747. The highest BCUT2D eigenvalue weighted by atomic mass is 79.9. The smallest absolute Gasteiger partial charge is 0.255 e. The highest BCUT2D eigenvalue weighted by molar-refractivity contribution is 9.10. The molecule has 0 saturated carbocycles. The van der Waals surface area contributed by atoms with Gasteiger partial charge in [-0.25, -0.2) is 0 Å². The van der Waals surface area contributed by atoms with Crippen molar-refractivity contribution in [1.29, 1.82) is 0 Å². The number of ether oxygens (including phenoxy) is 1. The molecule has 0 heterocycles. The van der Waals surface area contributed by atoms with Crippen LogP contribution in [0.15, 0.2) is 46.9 Å². The third-order valence-electron chi connectivity index (χ3n) is 3.21. The molecule has 126 valence electrons. The summed E-state index contributed by atoms with van der Waals surface area (Å²) in [5, 5.41) is 5.52. The molecular formula is C18H19BrN2O3. The van der Waals surface area contributed by atoms with Crippen LogP contribution in [0.3, 0.4) is 0 Å². The van der Waals surface area contributed by atoms with Crippen LogP contribution in [-0.4, -0.2) is 25.0 Å². The number of hydrogen-bond acceptors (Lipinski definition) is 3. The van der Waals surface area contributed by atoms with Gasteiger partial charge in [-0.05, 0) is 66.2 Å². The van der Waals surface area contributed by atoms with Crippen molar-refractivity contribution >= 4 is 33.4 Å². The lowest BCUT2D eigenvalue weighted by Crippen LogP contribution is -2.22. The first-order valence-electron chi connectivity index (χ1n) is 7.67. The van der Waals surface area contributed by atoms with E-state index in [0.29, 0.717) is 40.2 Å². The fourth-order valence-electron chi connectivity index (χ4n) is 2.12. The monoisotopic (exact) mass is 390 g/mol. The third-order valence-corrected chi connectivity index (χ3v) is 3.83. The van der Waals surface area contributed by atoms with E-state index < -0.39 is 0 Å². The van der Waals surface area contributed by atoms with Gasteiger partial charge in [-0.1, -0.05) is 6.07 Å². The summed E-state index contributed by atoms with van der Waals surface area (Å²) in [7, 11) is 0. The predicted octanol–water partition coefficient (Wildman–Crippen LogP) is 3.85. The highest BCUT2D eigenvalue weighted by Crippen LogP contribution is 2.26. The maximum atomic E-state index is 12.4. The number of anilines is 1. The molecule has 0 bridgehead atoms. The van der Waals surface area contributed by atoms with Crippen molar-refractivity contribution in [3.63, 3.8) is 0 Å². The zero-order valence-corrected chi connectivity index (χ0v) is 15.1. The second-order valence-corrected chi connectivity index (χ2v) is 5.83. The van der Waals surface area contributed by atoms with E-state index in [-0.39, 0.29) is 11.8 Å². The molecular weight excluding hydrogens is 372 g/mol. The van der Waals surface area contributed by atoms with Gasteiger partial charge in [0, 0.05) is 23.4 Å². The zero-order valence-electron chi connectivity index (χ0n) is 13.6. The molecule has 2 aromatic carbocycles. The van der Waals surface area contributed by atoms with E-state index in [2.05, 4.69) is 26.6 Å². The van der Waals surface area contributed by atoms with Crippen molar-refractivity contribution < 1.29 is 14.3 Å². The summed E-state index contributed by atoms with van der Waals surface area (Å²) in [5.41, 5.74) is 1.56. The van der Waals surface area contributed by atoms with Gasteiger partial charge >= 0.3 is 0 Å². The van der Waals surface area contributed by atoms with Gasteiger partial charge in [0.05, 0.1) is 11.1 Å². The van der Waals surface area contributed by atoms with Gasteiger partial charge in [-0.2, -0.15) is 0 Å². The highest BCUT2D eigenvalue weighted by Gasteiger charge is 2.11. The van der Waals surface area contributed by atoms with Crippen LogP contribution in [-0.2, 0) is 0 Å². The Morgan fingerprint density at radius 2 is 1.79 bits per heavy atom. The van der Waals surface area contributed by atoms with Crippen LogP contribution >= 0.6 is 15.9 Å². The van der Waals surface area contributed by atoms with Gasteiger partial charge in [0.25, 0.3) is 11.8 Å². The van der Waals surface area contributed by atoms with E-state index in [0.717, 1.165) is 0 Å².